The molecule has 1 saturated carbocycles. The number of carbonyl (C=O) groups excluding carboxylic acids is 1. The molecule has 2 fully saturated rings. The smallest absolute Gasteiger partial charge is 0.316 e. The summed E-state index contributed by atoms with van der Waals surface area (Å²) >= 11 is 0. The predicted molar refractivity (Wildman–Crippen MR) is 90.2 cm³/mol. The molecule has 132 valence electrons. The molecule has 2 aromatic heterocycles. The average molecular weight is 342 g/mol. The van der Waals surface area contributed by atoms with E-state index in [2.05, 4.69) is 9.97 Å². The van der Waals surface area contributed by atoms with E-state index in [1.54, 1.807) is 18.5 Å². The first-order valence-corrected chi connectivity index (χ1v) is 8.68. The zero-order valence-corrected chi connectivity index (χ0v) is 14.2. The molecule has 3 atom stereocenters. The molecule has 4 rings (SSSR count). The minimum atomic E-state index is 0.0154. The number of amides is 1. The lowest BCUT2D eigenvalue weighted by Gasteiger charge is -2.39. The average Bonchev–Trinajstić information content (AvgIpc) is 3.26. The quantitative estimate of drug-likeness (QED) is 0.842. The van der Waals surface area contributed by atoms with Gasteiger partial charge in [0.25, 0.3) is 5.91 Å². The van der Waals surface area contributed by atoms with Crippen molar-refractivity contribution in [1.82, 2.24) is 19.4 Å². The Hall–Kier alpha value is -2.41. The van der Waals surface area contributed by atoms with Crippen molar-refractivity contribution in [3.8, 4) is 6.01 Å². The Morgan fingerprint density at radius 3 is 2.92 bits per heavy atom. The third kappa shape index (κ3) is 3.11. The minimum Gasteiger partial charge on any atom is -0.463 e. The Morgan fingerprint density at radius 2 is 2.16 bits per heavy atom. The van der Waals surface area contributed by atoms with Crippen LogP contribution in [-0.2, 0) is 11.8 Å². The highest BCUT2D eigenvalue weighted by Gasteiger charge is 2.45. The molecule has 25 heavy (non-hydrogen) atoms. The van der Waals surface area contributed by atoms with Gasteiger partial charge >= 0.3 is 6.01 Å². The Kier molecular flexibility index (Phi) is 4.40. The number of hydrogen-bond acceptors (Lipinski definition) is 5. The van der Waals surface area contributed by atoms with Crippen LogP contribution in [0.25, 0.3) is 0 Å². The van der Waals surface area contributed by atoms with Gasteiger partial charge in [-0.25, -0.2) is 9.97 Å². The third-order valence-electron chi connectivity index (χ3n) is 5.11. The second-order valence-corrected chi connectivity index (χ2v) is 6.59. The Balaban J connectivity index is 1.43. The van der Waals surface area contributed by atoms with Crippen LogP contribution in [0.5, 0.6) is 6.01 Å². The van der Waals surface area contributed by atoms with Crippen LogP contribution in [-0.4, -0.2) is 57.2 Å². The molecule has 0 spiro atoms. The molecule has 0 aromatic carbocycles. The lowest BCUT2D eigenvalue weighted by atomic mass is 10.0. The lowest BCUT2D eigenvalue weighted by Crippen LogP contribution is -2.53. The van der Waals surface area contributed by atoms with Gasteiger partial charge in [-0.3, -0.25) is 4.79 Å². The van der Waals surface area contributed by atoms with Crippen molar-refractivity contribution >= 4 is 5.91 Å². The van der Waals surface area contributed by atoms with Crippen molar-refractivity contribution in [3.63, 3.8) is 0 Å². The van der Waals surface area contributed by atoms with Crippen LogP contribution in [0, 0.1) is 5.92 Å². The maximum Gasteiger partial charge on any atom is 0.316 e. The molecule has 0 unspecified atom stereocenters. The van der Waals surface area contributed by atoms with Crippen LogP contribution < -0.4 is 4.74 Å². The third-order valence-corrected chi connectivity index (χ3v) is 5.11. The van der Waals surface area contributed by atoms with Gasteiger partial charge < -0.3 is 18.9 Å². The van der Waals surface area contributed by atoms with E-state index >= 15 is 0 Å². The summed E-state index contributed by atoms with van der Waals surface area (Å²) in [6.45, 7) is 1.72. The first-order valence-electron chi connectivity index (χ1n) is 8.68. The van der Waals surface area contributed by atoms with Gasteiger partial charge in [-0.15, -0.1) is 0 Å². The molecule has 1 aliphatic carbocycles. The van der Waals surface area contributed by atoms with Crippen LogP contribution in [0.2, 0.25) is 0 Å². The molecule has 0 radical (unpaired) electrons. The molecular weight excluding hydrogens is 320 g/mol. The van der Waals surface area contributed by atoms with Gasteiger partial charge in [0.15, 0.2) is 0 Å². The summed E-state index contributed by atoms with van der Waals surface area (Å²) in [6, 6.07) is 6.03. The molecule has 2 aromatic rings. The van der Waals surface area contributed by atoms with E-state index in [1.165, 1.54) is 0 Å². The monoisotopic (exact) mass is 342 g/mol. The zero-order valence-electron chi connectivity index (χ0n) is 14.2. The van der Waals surface area contributed by atoms with Crippen LogP contribution in [0.1, 0.15) is 23.3 Å². The summed E-state index contributed by atoms with van der Waals surface area (Å²) in [5, 5.41) is 0. The fourth-order valence-corrected chi connectivity index (χ4v) is 3.86. The number of carbonyl (C=O) groups is 1. The number of morpholine rings is 1. The fourth-order valence-electron chi connectivity index (χ4n) is 3.86. The number of fused-ring (bicyclic) bond motifs is 1. The number of aryl methyl sites for hydroxylation is 1. The van der Waals surface area contributed by atoms with Crippen molar-refractivity contribution in [3.05, 3.63) is 42.5 Å². The van der Waals surface area contributed by atoms with E-state index < -0.39 is 0 Å². The molecule has 7 nitrogen and oxygen atoms in total. The minimum absolute atomic E-state index is 0.0154. The van der Waals surface area contributed by atoms with Crippen molar-refractivity contribution in [2.75, 3.05) is 19.8 Å². The molecule has 0 bridgehead atoms. The second-order valence-electron chi connectivity index (χ2n) is 6.59. The largest absolute Gasteiger partial charge is 0.463 e. The summed E-state index contributed by atoms with van der Waals surface area (Å²) in [5.41, 5.74) is 0.720. The maximum absolute atomic E-state index is 12.9. The van der Waals surface area contributed by atoms with E-state index in [-0.39, 0.29) is 24.0 Å². The van der Waals surface area contributed by atoms with Crippen molar-refractivity contribution in [2.45, 2.75) is 25.0 Å². The molecular formula is C18H22N4O3. The van der Waals surface area contributed by atoms with Gasteiger partial charge in [-0.1, -0.05) is 0 Å². The first-order chi connectivity index (χ1) is 12.2. The maximum atomic E-state index is 12.9. The summed E-state index contributed by atoms with van der Waals surface area (Å²) in [4.78, 5) is 23.1. The highest BCUT2D eigenvalue weighted by molar-refractivity contribution is 5.93. The van der Waals surface area contributed by atoms with Crippen LogP contribution in [0.4, 0.5) is 0 Å². The summed E-state index contributed by atoms with van der Waals surface area (Å²) in [7, 11) is 1.90. The van der Waals surface area contributed by atoms with Gasteiger partial charge in [0.1, 0.15) is 5.69 Å². The Morgan fingerprint density at radius 1 is 1.32 bits per heavy atom. The van der Waals surface area contributed by atoms with E-state index in [4.69, 9.17) is 9.47 Å². The standard InChI is InChI=1S/C18H22N4O3/c1-21-9-2-4-15(21)17(23)22-10-11-24-16-13(5-6-14(16)22)12-25-18-19-7-3-8-20-18/h2-4,7-9,13-14,16H,5-6,10-12H2,1H3/t13-,14+,16+/m0/s1. The fraction of sp³-hybridized carbons (Fsp3) is 0.500. The van der Waals surface area contributed by atoms with E-state index in [0.29, 0.717) is 25.8 Å². The van der Waals surface area contributed by atoms with Gasteiger partial charge in [-0.2, -0.15) is 0 Å². The molecule has 0 N–H and O–H groups in total. The van der Waals surface area contributed by atoms with Crippen LogP contribution in [0.15, 0.2) is 36.8 Å². The van der Waals surface area contributed by atoms with Gasteiger partial charge in [0.2, 0.25) is 0 Å². The molecule has 1 amide bonds. The Labute approximate surface area is 146 Å². The number of ether oxygens (including phenoxy) is 2. The van der Waals surface area contributed by atoms with E-state index in [1.807, 2.05) is 34.8 Å². The highest BCUT2D eigenvalue weighted by atomic mass is 16.5. The first kappa shape index (κ1) is 16.1. The summed E-state index contributed by atoms with van der Waals surface area (Å²) < 4.78 is 13.6. The lowest BCUT2D eigenvalue weighted by molar-refractivity contribution is -0.0685. The topological polar surface area (TPSA) is 69.5 Å². The number of aromatic nitrogens is 3. The van der Waals surface area contributed by atoms with Gasteiger partial charge in [0, 0.05) is 38.1 Å². The van der Waals surface area contributed by atoms with Gasteiger partial charge in [0.05, 0.1) is 25.4 Å². The summed E-state index contributed by atoms with van der Waals surface area (Å²) in [6.07, 6.45) is 7.15. The van der Waals surface area contributed by atoms with Crippen molar-refractivity contribution in [2.24, 2.45) is 13.0 Å². The summed E-state index contributed by atoms with van der Waals surface area (Å²) in [5.74, 6) is 0.330. The molecule has 2 aliphatic rings. The highest BCUT2D eigenvalue weighted by Crippen LogP contribution is 2.35. The van der Waals surface area contributed by atoms with Crippen LogP contribution >= 0.6 is 0 Å². The van der Waals surface area contributed by atoms with Crippen molar-refractivity contribution in [1.29, 1.82) is 0 Å². The SMILES string of the molecule is Cn1cccc1C(=O)N1CCO[C@@H]2[C@H](COc3ncccn3)CC[C@H]21. The van der Waals surface area contributed by atoms with Gasteiger partial charge in [-0.05, 0) is 31.0 Å². The normalized spacial score (nSPS) is 25.6. The predicted octanol–water partition coefficient (Wildman–Crippen LogP) is 1.51. The Bertz CT molecular complexity index is 733. The second kappa shape index (κ2) is 6.84. The van der Waals surface area contributed by atoms with E-state index in [0.717, 1.165) is 18.5 Å². The molecule has 7 heteroatoms. The number of rotatable bonds is 4. The number of hydrogen-bond donors (Lipinski definition) is 0. The molecule has 1 saturated heterocycles. The van der Waals surface area contributed by atoms with E-state index in [9.17, 15) is 4.79 Å². The van der Waals surface area contributed by atoms with Crippen molar-refractivity contribution < 1.29 is 14.3 Å². The number of nitrogens with zero attached hydrogens (tertiary/aromatic N) is 4. The molecule has 3 heterocycles. The molecule has 1 aliphatic heterocycles. The zero-order chi connectivity index (χ0) is 17.2. The van der Waals surface area contributed by atoms with Crippen LogP contribution in [0.3, 0.4) is 0 Å².